The smallest absolute Gasteiger partial charge is 0.226 e. The lowest BCUT2D eigenvalue weighted by Gasteiger charge is -2.16. The summed E-state index contributed by atoms with van der Waals surface area (Å²) in [5.74, 6) is 0.301. The first-order chi connectivity index (χ1) is 14.2. The number of nitrogens with zero attached hydrogens (tertiary/aromatic N) is 4. The zero-order valence-electron chi connectivity index (χ0n) is 16.3. The van der Waals surface area contributed by atoms with Gasteiger partial charge < -0.3 is 4.90 Å². The van der Waals surface area contributed by atoms with Crippen LogP contribution in [-0.4, -0.2) is 33.2 Å². The number of hydrogen-bond acceptors (Lipinski definition) is 5. The summed E-state index contributed by atoms with van der Waals surface area (Å²) in [6.45, 7) is 2.61. The third-order valence-corrected chi connectivity index (χ3v) is 5.18. The molecule has 1 amide bonds. The van der Waals surface area contributed by atoms with Gasteiger partial charge in [0, 0.05) is 55.4 Å². The molecule has 2 aromatic heterocycles. The van der Waals surface area contributed by atoms with Crippen molar-refractivity contribution in [2.75, 3.05) is 11.4 Å². The monoisotopic (exact) mass is 386 g/mol. The van der Waals surface area contributed by atoms with Gasteiger partial charge >= 0.3 is 0 Å². The standard InChI is InChI=1S/C23H22N4O2/c1-2-22(29)27-11-9-18-12-17(6-7-20(18)27)19-14-25-23(26-15-19)21(28)8-5-16-4-3-10-24-13-16/h3-4,6-7,10,12-15H,2,5,8-9,11H2,1H3. The quantitative estimate of drug-likeness (QED) is 0.605. The van der Waals surface area contributed by atoms with Crippen molar-refractivity contribution in [1.82, 2.24) is 15.0 Å². The summed E-state index contributed by atoms with van der Waals surface area (Å²) >= 11 is 0. The number of anilines is 1. The normalized spacial score (nSPS) is 12.7. The SMILES string of the molecule is CCC(=O)N1CCc2cc(-c3cnc(C(=O)CCc4cccnc4)nc3)ccc21. The zero-order chi connectivity index (χ0) is 20.2. The number of fused-ring (bicyclic) bond motifs is 1. The molecule has 6 nitrogen and oxygen atoms in total. The van der Waals surface area contributed by atoms with E-state index in [0.29, 0.717) is 19.3 Å². The third-order valence-electron chi connectivity index (χ3n) is 5.18. The number of amides is 1. The van der Waals surface area contributed by atoms with E-state index in [9.17, 15) is 9.59 Å². The van der Waals surface area contributed by atoms with Gasteiger partial charge in [0.2, 0.25) is 5.91 Å². The van der Waals surface area contributed by atoms with Gasteiger partial charge in [-0.25, -0.2) is 9.97 Å². The lowest BCUT2D eigenvalue weighted by Crippen LogP contribution is -2.27. The fraction of sp³-hybridized carbons (Fsp3) is 0.261. The van der Waals surface area contributed by atoms with Gasteiger partial charge in [-0.1, -0.05) is 19.1 Å². The zero-order valence-corrected chi connectivity index (χ0v) is 16.3. The molecule has 0 bridgehead atoms. The van der Waals surface area contributed by atoms with Crippen molar-refractivity contribution < 1.29 is 9.59 Å². The second-order valence-electron chi connectivity index (χ2n) is 7.07. The molecule has 0 saturated heterocycles. The molecule has 0 radical (unpaired) electrons. The third kappa shape index (κ3) is 4.06. The van der Waals surface area contributed by atoms with E-state index in [4.69, 9.17) is 0 Å². The molecule has 0 spiro atoms. The number of carbonyl (C=O) groups excluding carboxylic acids is 2. The van der Waals surface area contributed by atoms with Crippen LogP contribution >= 0.6 is 0 Å². The van der Waals surface area contributed by atoms with Crippen LogP contribution in [0.15, 0.2) is 55.1 Å². The van der Waals surface area contributed by atoms with Gasteiger partial charge in [-0.05, 0) is 47.7 Å². The lowest BCUT2D eigenvalue weighted by molar-refractivity contribution is -0.118. The van der Waals surface area contributed by atoms with E-state index in [-0.39, 0.29) is 17.5 Å². The van der Waals surface area contributed by atoms with Gasteiger partial charge in [0.25, 0.3) is 0 Å². The van der Waals surface area contributed by atoms with Crippen LogP contribution in [0.25, 0.3) is 11.1 Å². The summed E-state index contributed by atoms with van der Waals surface area (Å²) in [6, 6.07) is 9.86. The number of rotatable bonds is 6. The van der Waals surface area contributed by atoms with E-state index >= 15 is 0 Å². The Morgan fingerprint density at radius 3 is 2.62 bits per heavy atom. The average molecular weight is 386 g/mol. The number of benzene rings is 1. The lowest BCUT2D eigenvalue weighted by atomic mass is 10.0. The number of carbonyl (C=O) groups is 2. The van der Waals surface area contributed by atoms with Crippen molar-refractivity contribution in [2.45, 2.75) is 32.6 Å². The van der Waals surface area contributed by atoms with Crippen LogP contribution < -0.4 is 4.90 Å². The maximum absolute atomic E-state index is 12.4. The van der Waals surface area contributed by atoms with Gasteiger partial charge in [-0.15, -0.1) is 0 Å². The van der Waals surface area contributed by atoms with Gasteiger partial charge in [0.05, 0.1) is 0 Å². The molecule has 29 heavy (non-hydrogen) atoms. The van der Waals surface area contributed by atoms with Gasteiger partial charge in [-0.3, -0.25) is 14.6 Å². The van der Waals surface area contributed by atoms with E-state index < -0.39 is 0 Å². The largest absolute Gasteiger partial charge is 0.312 e. The fourth-order valence-electron chi connectivity index (χ4n) is 3.57. The highest BCUT2D eigenvalue weighted by Gasteiger charge is 2.23. The van der Waals surface area contributed by atoms with Crippen molar-refractivity contribution >= 4 is 17.4 Å². The molecule has 0 unspecified atom stereocenters. The number of hydrogen-bond donors (Lipinski definition) is 0. The van der Waals surface area contributed by atoms with Crippen molar-refractivity contribution in [3.63, 3.8) is 0 Å². The fourth-order valence-corrected chi connectivity index (χ4v) is 3.57. The van der Waals surface area contributed by atoms with Crippen molar-refractivity contribution in [3.05, 3.63) is 72.1 Å². The van der Waals surface area contributed by atoms with Crippen LogP contribution in [0.1, 0.15) is 41.5 Å². The van der Waals surface area contributed by atoms with E-state index in [1.54, 1.807) is 24.8 Å². The Morgan fingerprint density at radius 2 is 1.90 bits per heavy atom. The summed E-state index contributed by atoms with van der Waals surface area (Å²) in [5.41, 5.74) is 5.01. The Balaban J connectivity index is 1.45. The molecule has 1 aliphatic rings. The molecule has 146 valence electrons. The minimum absolute atomic E-state index is 0.0805. The molecule has 0 fully saturated rings. The molecule has 0 atom stereocenters. The van der Waals surface area contributed by atoms with Crippen molar-refractivity contribution in [1.29, 1.82) is 0 Å². The average Bonchev–Trinajstić information content (AvgIpc) is 3.21. The molecule has 3 heterocycles. The minimum Gasteiger partial charge on any atom is -0.312 e. The molecule has 3 aromatic rings. The Labute approximate surface area is 169 Å². The van der Waals surface area contributed by atoms with Gasteiger partial charge in [0.1, 0.15) is 0 Å². The van der Waals surface area contributed by atoms with E-state index in [1.165, 1.54) is 0 Å². The van der Waals surface area contributed by atoms with Crippen LogP contribution in [0, 0.1) is 0 Å². The van der Waals surface area contributed by atoms with Crippen LogP contribution in [0.5, 0.6) is 0 Å². The van der Waals surface area contributed by atoms with Crippen LogP contribution in [0.3, 0.4) is 0 Å². The van der Waals surface area contributed by atoms with Crippen molar-refractivity contribution in [2.24, 2.45) is 0 Å². The highest BCUT2D eigenvalue weighted by molar-refractivity contribution is 5.96. The predicted molar refractivity (Wildman–Crippen MR) is 111 cm³/mol. The molecule has 0 aliphatic carbocycles. The summed E-state index contributed by atoms with van der Waals surface area (Å²) < 4.78 is 0. The summed E-state index contributed by atoms with van der Waals surface area (Å²) in [4.78, 5) is 38.9. The maximum atomic E-state index is 12.4. The predicted octanol–water partition coefficient (Wildman–Crippen LogP) is 3.65. The maximum Gasteiger partial charge on any atom is 0.226 e. The van der Waals surface area contributed by atoms with Gasteiger partial charge in [0.15, 0.2) is 11.6 Å². The van der Waals surface area contributed by atoms with E-state index in [1.807, 2.05) is 36.1 Å². The van der Waals surface area contributed by atoms with Crippen LogP contribution in [0.2, 0.25) is 0 Å². The number of pyridine rings is 1. The first kappa shape index (κ1) is 18.9. The number of Topliss-reactive ketones (excluding diaryl/α,β-unsaturated/α-hetero) is 1. The molecular weight excluding hydrogens is 364 g/mol. The number of aryl methyl sites for hydroxylation is 1. The molecule has 1 aliphatic heterocycles. The minimum atomic E-state index is -0.0805. The summed E-state index contributed by atoms with van der Waals surface area (Å²) in [7, 11) is 0. The Hall–Kier alpha value is -3.41. The summed E-state index contributed by atoms with van der Waals surface area (Å²) in [6.07, 6.45) is 9.18. The number of ketones is 1. The van der Waals surface area contributed by atoms with Gasteiger partial charge in [-0.2, -0.15) is 0 Å². The first-order valence-electron chi connectivity index (χ1n) is 9.83. The highest BCUT2D eigenvalue weighted by Crippen LogP contribution is 2.32. The topological polar surface area (TPSA) is 76.1 Å². The summed E-state index contributed by atoms with van der Waals surface area (Å²) in [5, 5.41) is 0. The molecule has 1 aromatic carbocycles. The van der Waals surface area contributed by atoms with Crippen LogP contribution in [-0.2, 0) is 17.6 Å². The van der Waals surface area contributed by atoms with Crippen LogP contribution in [0.4, 0.5) is 5.69 Å². The van der Waals surface area contributed by atoms with E-state index in [0.717, 1.165) is 40.9 Å². The molecular formula is C23H22N4O2. The first-order valence-corrected chi connectivity index (χ1v) is 9.83. The Bertz CT molecular complexity index is 1030. The van der Waals surface area contributed by atoms with E-state index in [2.05, 4.69) is 21.0 Å². The molecule has 4 rings (SSSR count). The second kappa shape index (κ2) is 8.31. The Morgan fingerprint density at radius 1 is 1.07 bits per heavy atom. The highest BCUT2D eigenvalue weighted by atomic mass is 16.2. The molecule has 0 N–H and O–H groups in total. The Kier molecular flexibility index (Phi) is 5.42. The molecule has 6 heteroatoms. The number of aromatic nitrogens is 3. The van der Waals surface area contributed by atoms with Crippen molar-refractivity contribution in [3.8, 4) is 11.1 Å². The second-order valence-corrected chi connectivity index (χ2v) is 7.07. The molecule has 0 saturated carbocycles.